The Hall–Kier alpha value is -3.68. The molecule has 0 spiro atoms. The molecule has 0 radical (unpaired) electrons. The van der Waals surface area contributed by atoms with E-state index in [4.69, 9.17) is 0 Å². The van der Waals surface area contributed by atoms with Crippen LogP contribution in [0.25, 0.3) is 5.65 Å². The van der Waals surface area contributed by atoms with Crippen LogP contribution >= 0.6 is 0 Å². The van der Waals surface area contributed by atoms with Crippen LogP contribution in [-0.2, 0) is 6.54 Å². The van der Waals surface area contributed by atoms with Crippen molar-refractivity contribution in [1.82, 2.24) is 24.1 Å². The third kappa shape index (κ3) is 2.92. The molecule has 1 aromatic carbocycles. The van der Waals surface area contributed by atoms with Crippen LogP contribution in [-0.4, -0.2) is 30.1 Å². The highest BCUT2D eigenvalue weighted by molar-refractivity contribution is 6.07. The highest BCUT2D eigenvalue weighted by Crippen LogP contribution is 2.11. The van der Waals surface area contributed by atoms with E-state index in [0.717, 1.165) is 5.56 Å². The minimum absolute atomic E-state index is 0.272. The van der Waals surface area contributed by atoms with Crippen LogP contribution in [0, 0.1) is 0 Å². The summed E-state index contributed by atoms with van der Waals surface area (Å²) >= 11 is 0. The smallest absolute Gasteiger partial charge is 0.331 e. The molecule has 0 fully saturated rings. The van der Waals surface area contributed by atoms with E-state index in [1.807, 2.05) is 34.9 Å². The molecule has 4 aromatic rings. The van der Waals surface area contributed by atoms with E-state index in [-0.39, 0.29) is 11.6 Å². The number of nitrogens with zero attached hydrogens (tertiary/aromatic N) is 4. The van der Waals surface area contributed by atoms with Gasteiger partial charge in [-0.1, -0.05) is 30.3 Å². The lowest BCUT2D eigenvalue weighted by Gasteiger charge is -2.03. The Kier molecular flexibility index (Phi) is 3.62. The van der Waals surface area contributed by atoms with Crippen molar-refractivity contribution < 1.29 is 4.79 Å². The summed E-state index contributed by atoms with van der Waals surface area (Å²) in [6, 6.07) is 13.2. The zero-order valence-corrected chi connectivity index (χ0v) is 13.1. The summed E-state index contributed by atoms with van der Waals surface area (Å²) in [6.45, 7) is 0.661. The zero-order valence-electron chi connectivity index (χ0n) is 13.1. The Morgan fingerprint density at radius 3 is 2.84 bits per heavy atom. The van der Waals surface area contributed by atoms with Gasteiger partial charge in [0.15, 0.2) is 11.5 Å². The second-order valence-corrected chi connectivity index (χ2v) is 5.52. The van der Waals surface area contributed by atoms with Crippen molar-refractivity contribution in [1.29, 1.82) is 0 Å². The summed E-state index contributed by atoms with van der Waals surface area (Å²) in [5.41, 5.74) is 1.31. The van der Waals surface area contributed by atoms with E-state index in [1.54, 1.807) is 30.9 Å². The molecule has 0 bridgehead atoms. The molecule has 1 amide bonds. The average molecular weight is 334 g/mol. The Morgan fingerprint density at radius 2 is 2.00 bits per heavy atom. The second-order valence-electron chi connectivity index (χ2n) is 5.52. The van der Waals surface area contributed by atoms with Gasteiger partial charge in [0.1, 0.15) is 0 Å². The van der Waals surface area contributed by atoms with Gasteiger partial charge < -0.3 is 9.88 Å². The molecule has 0 atom stereocenters. The molecule has 0 aliphatic heterocycles. The fourth-order valence-corrected chi connectivity index (χ4v) is 2.60. The van der Waals surface area contributed by atoms with Crippen molar-refractivity contribution in [2.75, 3.05) is 5.32 Å². The fourth-order valence-electron chi connectivity index (χ4n) is 2.60. The van der Waals surface area contributed by atoms with Gasteiger partial charge in [0.05, 0.1) is 11.9 Å². The van der Waals surface area contributed by atoms with Crippen LogP contribution in [0.2, 0.25) is 0 Å². The number of carbonyl (C=O) groups is 1. The topological polar surface area (TPSA) is 97.1 Å². The predicted molar refractivity (Wildman–Crippen MR) is 91.5 cm³/mol. The number of aromatic nitrogens is 5. The third-order valence-corrected chi connectivity index (χ3v) is 3.77. The van der Waals surface area contributed by atoms with E-state index in [0.29, 0.717) is 17.9 Å². The quantitative estimate of drug-likeness (QED) is 0.591. The first-order valence-corrected chi connectivity index (χ1v) is 7.63. The van der Waals surface area contributed by atoms with Crippen molar-refractivity contribution in [3.63, 3.8) is 0 Å². The summed E-state index contributed by atoms with van der Waals surface area (Å²) in [6.07, 6.45) is 4.95. The number of pyridine rings is 1. The lowest BCUT2D eigenvalue weighted by Crippen LogP contribution is -2.15. The zero-order chi connectivity index (χ0) is 17.2. The minimum Gasteiger partial charge on any atom is -0.331 e. The van der Waals surface area contributed by atoms with E-state index in [1.165, 1.54) is 4.40 Å². The molecular weight excluding hydrogens is 320 g/mol. The highest BCUT2D eigenvalue weighted by atomic mass is 16.2. The largest absolute Gasteiger partial charge is 0.347 e. The van der Waals surface area contributed by atoms with Gasteiger partial charge in [0, 0.05) is 18.9 Å². The first kappa shape index (κ1) is 14.9. The standard InChI is InChI=1S/C17H14N6O2/c24-16(13-7-4-8-23-15(13)20-21-17(23)25)19-14-10-22(11-18-14)9-12-5-2-1-3-6-12/h1-8,10-11H,9H2,(H,19,24)(H,21,25). The lowest BCUT2D eigenvalue weighted by atomic mass is 10.2. The summed E-state index contributed by atoms with van der Waals surface area (Å²) in [7, 11) is 0. The Bertz CT molecular complexity index is 1090. The van der Waals surface area contributed by atoms with Crippen molar-refractivity contribution in [3.05, 3.63) is 82.8 Å². The highest BCUT2D eigenvalue weighted by Gasteiger charge is 2.14. The number of fused-ring (bicyclic) bond motifs is 1. The summed E-state index contributed by atoms with van der Waals surface area (Å²) in [5, 5.41) is 8.93. The van der Waals surface area contributed by atoms with Gasteiger partial charge in [0.25, 0.3) is 5.91 Å². The van der Waals surface area contributed by atoms with Gasteiger partial charge in [-0.3, -0.25) is 4.79 Å². The predicted octanol–water partition coefficient (Wildman–Crippen LogP) is 1.52. The average Bonchev–Trinajstić information content (AvgIpc) is 3.22. The molecule has 0 aliphatic rings. The maximum atomic E-state index is 12.5. The molecule has 0 saturated carbocycles. The van der Waals surface area contributed by atoms with E-state index < -0.39 is 5.69 Å². The molecule has 2 N–H and O–H groups in total. The first-order chi connectivity index (χ1) is 12.2. The second kappa shape index (κ2) is 6.08. The van der Waals surface area contributed by atoms with Gasteiger partial charge in [-0.15, -0.1) is 0 Å². The molecule has 3 aromatic heterocycles. The van der Waals surface area contributed by atoms with E-state index in [2.05, 4.69) is 20.5 Å². The summed E-state index contributed by atoms with van der Waals surface area (Å²) in [4.78, 5) is 28.3. The summed E-state index contributed by atoms with van der Waals surface area (Å²) < 4.78 is 3.16. The first-order valence-electron chi connectivity index (χ1n) is 7.63. The number of anilines is 1. The van der Waals surface area contributed by atoms with Crippen LogP contribution in [0.15, 0.2) is 66.0 Å². The number of hydrogen-bond donors (Lipinski definition) is 2. The van der Waals surface area contributed by atoms with Crippen LogP contribution in [0.4, 0.5) is 5.82 Å². The van der Waals surface area contributed by atoms with Crippen LogP contribution < -0.4 is 11.0 Å². The SMILES string of the molecule is O=C(Nc1cn(Cc2ccccc2)cn1)c1cccn2c(=O)[nH]nc12. The van der Waals surface area contributed by atoms with Crippen LogP contribution in [0.1, 0.15) is 15.9 Å². The normalized spacial score (nSPS) is 10.9. The number of H-pyrrole nitrogens is 1. The van der Waals surface area contributed by atoms with Gasteiger partial charge in [-0.2, -0.15) is 5.10 Å². The van der Waals surface area contributed by atoms with Crippen molar-refractivity contribution >= 4 is 17.4 Å². The van der Waals surface area contributed by atoms with Crippen molar-refractivity contribution in [2.24, 2.45) is 0 Å². The maximum absolute atomic E-state index is 12.5. The number of hydrogen-bond acceptors (Lipinski definition) is 4. The number of amides is 1. The Balaban J connectivity index is 1.54. The number of imidazole rings is 1. The number of nitrogens with one attached hydrogen (secondary N) is 2. The molecule has 3 heterocycles. The van der Waals surface area contributed by atoms with E-state index in [9.17, 15) is 9.59 Å². The number of carbonyl (C=O) groups excluding carboxylic acids is 1. The van der Waals surface area contributed by atoms with Crippen molar-refractivity contribution in [2.45, 2.75) is 6.54 Å². The molecule has 8 nitrogen and oxygen atoms in total. The monoisotopic (exact) mass is 334 g/mol. The van der Waals surface area contributed by atoms with Crippen LogP contribution in [0.3, 0.4) is 0 Å². The third-order valence-electron chi connectivity index (χ3n) is 3.77. The molecular formula is C17H14N6O2. The fraction of sp³-hybridized carbons (Fsp3) is 0.0588. The van der Waals surface area contributed by atoms with Gasteiger partial charge in [-0.05, 0) is 17.7 Å². The van der Waals surface area contributed by atoms with Gasteiger partial charge in [-0.25, -0.2) is 19.3 Å². The molecule has 0 aliphatic carbocycles. The molecule has 0 saturated heterocycles. The molecule has 8 heteroatoms. The summed E-state index contributed by atoms with van der Waals surface area (Å²) in [5.74, 6) is 0.0513. The van der Waals surface area contributed by atoms with Gasteiger partial charge in [0.2, 0.25) is 0 Å². The number of benzene rings is 1. The lowest BCUT2D eigenvalue weighted by molar-refractivity contribution is 0.102. The van der Waals surface area contributed by atoms with E-state index >= 15 is 0 Å². The number of rotatable bonds is 4. The minimum atomic E-state index is -0.392. The Labute approximate surface area is 141 Å². The molecule has 4 rings (SSSR count). The molecule has 25 heavy (non-hydrogen) atoms. The van der Waals surface area contributed by atoms with Gasteiger partial charge >= 0.3 is 5.69 Å². The molecule has 0 unspecified atom stereocenters. The van der Waals surface area contributed by atoms with Crippen LogP contribution in [0.5, 0.6) is 0 Å². The van der Waals surface area contributed by atoms with Crippen molar-refractivity contribution in [3.8, 4) is 0 Å². The molecule has 124 valence electrons. The maximum Gasteiger partial charge on any atom is 0.347 e. The number of aromatic amines is 1. The Morgan fingerprint density at radius 1 is 1.16 bits per heavy atom.